The van der Waals surface area contributed by atoms with Crippen molar-refractivity contribution >= 4 is 25.7 Å². The van der Waals surface area contributed by atoms with Gasteiger partial charge in [-0.3, -0.25) is 23.4 Å². The van der Waals surface area contributed by atoms with Gasteiger partial charge in [0, 0.05) is 12.8 Å². The quantitative estimate of drug-likeness (QED) is 0.0173. The summed E-state index contributed by atoms with van der Waals surface area (Å²) in [5, 5.41) is 8.91. The molecule has 63 heavy (non-hydrogen) atoms. The number of esters is 2. The number of rotatable bonds is 43. The monoisotopic (exact) mass is 906 g/mol. The second-order valence-electron chi connectivity index (χ2n) is 16.2. The van der Waals surface area contributed by atoms with E-state index in [2.05, 4.69) is 73.1 Å². The van der Waals surface area contributed by atoms with E-state index >= 15 is 0 Å². The number of carbonyl (C=O) groups is 3. The minimum Gasteiger partial charge on any atom is -0.480 e. The molecule has 0 bridgehead atoms. The van der Waals surface area contributed by atoms with Crippen molar-refractivity contribution < 1.29 is 52.2 Å². The average Bonchev–Trinajstić information content (AvgIpc) is 4.02. The third kappa shape index (κ3) is 37.9. The van der Waals surface area contributed by atoms with Gasteiger partial charge in [-0.2, -0.15) is 0 Å². The summed E-state index contributed by atoms with van der Waals surface area (Å²) in [7, 11) is -4.75. The highest BCUT2D eigenvalue weighted by atomic mass is 31.2. The van der Waals surface area contributed by atoms with Crippen molar-refractivity contribution in [1.82, 2.24) is 0 Å². The number of hydrogen-bond acceptors (Lipinski definition) is 10. The first-order chi connectivity index (χ1) is 30.6. The topological polar surface area (TPSA) is 184 Å². The van der Waals surface area contributed by atoms with Gasteiger partial charge in [0.15, 0.2) is 6.10 Å². The van der Waals surface area contributed by atoms with E-state index in [-0.39, 0.29) is 19.4 Å². The Morgan fingerprint density at radius 2 is 1.06 bits per heavy atom. The zero-order valence-corrected chi connectivity index (χ0v) is 39.7. The van der Waals surface area contributed by atoms with Crippen LogP contribution in [0.3, 0.4) is 0 Å². The fraction of sp³-hybridized carbons (Fsp3) is 0.700. The lowest BCUT2D eigenvalue weighted by molar-refractivity contribution is -0.161. The molecular formula is C50H84NO11P. The highest BCUT2D eigenvalue weighted by Gasteiger charge is 2.36. The van der Waals surface area contributed by atoms with Crippen LogP contribution in [0.5, 0.6) is 0 Å². The SMILES string of the molecule is CC/C=C\CC1OC1C/C=C\C/C=C\C/C=C\C/C=C\CCC(=O)O[C@H](COC(=O)CCCCCCCCCCC/C=C\CCCCCCCC)COP(=O)(O)OC[C@H](N)C(=O)O. The molecule has 0 amide bonds. The van der Waals surface area contributed by atoms with Gasteiger partial charge in [-0.05, 0) is 77.0 Å². The number of hydrogen-bond donors (Lipinski definition) is 3. The van der Waals surface area contributed by atoms with Crippen molar-refractivity contribution in [2.75, 3.05) is 19.8 Å². The first-order valence-corrected chi connectivity index (χ1v) is 25.6. The van der Waals surface area contributed by atoms with Crippen LogP contribution in [0.25, 0.3) is 0 Å². The number of carboxylic acids is 1. The van der Waals surface area contributed by atoms with Gasteiger partial charge in [0.05, 0.1) is 25.4 Å². The van der Waals surface area contributed by atoms with Gasteiger partial charge in [-0.25, -0.2) is 4.57 Å². The van der Waals surface area contributed by atoms with Crippen molar-refractivity contribution in [2.45, 2.75) is 205 Å². The Morgan fingerprint density at radius 3 is 1.62 bits per heavy atom. The normalized spacial score (nSPS) is 17.5. The first kappa shape index (κ1) is 57.9. The largest absolute Gasteiger partial charge is 0.480 e. The molecule has 13 heteroatoms. The van der Waals surface area contributed by atoms with Crippen LogP contribution in [0.15, 0.2) is 72.9 Å². The number of epoxide rings is 1. The minimum absolute atomic E-state index is 0.0296. The fourth-order valence-corrected chi connectivity index (χ4v) is 7.26. The molecule has 1 fully saturated rings. The second kappa shape index (κ2) is 40.4. The van der Waals surface area contributed by atoms with E-state index in [9.17, 15) is 23.8 Å². The van der Waals surface area contributed by atoms with Gasteiger partial charge < -0.3 is 29.9 Å². The summed E-state index contributed by atoms with van der Waals surface area (Å²) < 4.78 is 38.4. The molecule has 5 atom stereocenters. The molecule has 0 radical (unpaired) electrons. The van der Waals surface area contributed by atoms with Crippen LogP contribution in [-0.2, 0) is 42.2 Å². The Morgan fingerprint density at radius 1 is 0.587 bits per heavy atom. The summed E-state index contributed by atoms with van der Waals surface area (Å²) in [6.07, 6.45) is 51.6. The number of carbonyl (C=O) groups excluding carboxylic acids is 2. The molecule has 1 aliphatic rings. The van der Waals surface area contributed by atoms with E-state index in [1.165, 1.54) is 83.5 Å². The van der Waals surface area contributed by atoms with E-state index in [1.807, 2.05) is 18.2 Å². The molecule has 12 nitrogen and oxygen atoms in total. The van der Waals surface area contributed by atoms with Crippen LogP contribution >= 0.6 is 7.82 Å². The number of ether oxygens (including phenoxy) is 3. The van der Waals surface area contributed by atoms with Crippen molar-refractivity contribution in [3.8, 4) is 0 Å². The van der Waals surface area contributed by atoms with Gasteiger partial charge in [-0.1, -0.05) is 164 Å². The molecule has 0 aromatic heterocycles. The highest BCUT2D eigenvalue weighted by molar-refractivity contribution is 7.47. The summed E-state index contributed by atoms with van der Waals surface area (Å²) in [6, 6.07) is -1.54. The fourth-order valence-electron chi connectivity index (χ4n) is 6.48. The van der Waals surface area contributed by atoms with Gasteiger partial charge in [0.2, 0.25) is 0 Å². The number of nitrogens with two attached hydrogens (primary N) is 1. The summed E-state index contributed by atoms with van der Waals surface area (Å²) in [6.45, 7) is 2.61. The molecule has 1 saturated heterocycles. The van der Waals surface area contributed by atoms with E-state index in [1.54, 1.807) is 0 Å². The first-order valence-electron chi connectivity index (χ1n) is 24.1. The molecule has 0 aromatic rings. The maximum absolute atomic E-state index is 12.6. The maximum atomic E-state index is 12.6. The molecule has 0 aromatic carbocycles. The highest BCUT2D eigenvalue weighted by Crippen LogP contribution is 2.43. The molecule has 1 aliphatic heterocycles. The van der Waals surface area contributed by atoms with Gasteiger partial charge in [0.1, 0.15) is 12.6 Å². The number of allylic oxidation sites excluding steroid dienone is 10. The molecule has 1 heterocycles. The van der Waals surface area contributed by atoms with Crippen LogP contribution in [0.1, 0.15) is 181 Å². The molecular weight excluding hydrogens is 822 g/mol. The average molecular weight is 906 g/mol. The minimum atomic E-state index is -4.75. The molecule has 3 unspecified atom stereocenters. The Kier molecular flexibility index (Phi) is 37.1. The lowest BCUT2D eigenvalue weighted by Gasteiger charge is -2.20. The van der Waals surface area contributed by atoms with Gasteiger partial charge in [-0.15, -0.1) is 0 Å². The van der Waals surface area contributed by atoms with Crippen LogP contribution in [0.2, 0.25) is 0 Å². The van der Waals surface area contributed by atoms with E-state index in [0.717, 1.165) is 51.4 Å². The lowest BCUT2D eigenvalue weighted by atomic mass is 10.1. The van der Waals surface area contributed by atoms with Gasteiger partial charge >= 0.3 is 25.7 Å². The molecule has 0 spiro atoms. The summed E-state index contributed by atoms with van der Waals surface area (Å²) in [5.41, 5.74) is 5.34. The number of aliphatic carboxylic acids is 1. The van der Waals surface area contributed by atoms with Crippen LogP contribution in [-0.4, -0.2) is 72.1 Å². The van der Waals surface area contributed by atoms with Crippen molar-refractivity contribution in [2.24, 2.45) is 5.73 Å². The van der Waals surface area contributed by atoms with Crippen LogP contribution < -0.4 is 5.73 Å². The number of phosphoric acid groups is 1. The van der Waals surface area contributed by atoms with Crippen molar-refractivity contribution in [3.05, 3.63) is 72.9 Å². The predicted molar refractivity (Wildman–Crippen MR) is 253 cm³/mol. The Balaban J connectivity index is 2.29. The molecule has 1 rings (SSSR count). The molecule has 0 aliphatic carbocycles. The third-order valence-corrected chi connectivity index (χ3v) is 11.3. The van der Waals surface area contributed by atoms with E-state index < -0.39 is 51.1 Å². The predicted octanol–water partition coefficient (Wildman–Crippen LogP) is 12.3. The lowest BCUT2D eigenvalue weighted by Crippen LogP contribution is -2.34. The van der Waals surface area contributed by atoms with Crippen LogP contribution in [0.4, 0.5) is 0 Å². The number of unbranched alkanes of at least 4 members (excludes halogenated alkanes) is 15. The van der Waals surface area contributed by atoms with Crippen molar-refractivity contribution in [3.63, 3.8) is 0 Å². The van der Waals surface area contributed by atoms with Crippen molar-refractivity contribution in [1.29, 1.82) is 0 Å². The van der Waals surface area contributed by atoms with E-state index in [0.29, 0.717) is 31.5 Å². The Labute approximate surface area is 380 Å². The van der Waals surface area contributed by atoms with E-state index in [4.69, 9.17) is 29.6 Å². The number of carboxylic acid groups (broad SMARTS) is 1. The van der Waals surface area contributed by atoms with Gasteiger partial charge in [0.25, 0.3) is 0 Å². The summed E-state index contributed by atoms with van der Waals surface area (Å²) in [5.74, 6) is -2.50. The number of phosphoric ester groups is 1. The molecule has 0 saturated carbocycles. The second-order valence-corrected chi connectivity index (χ2v) is 17.7. The standard InChI is InChI=1S/C50H84NO11P/c1-3-5-7-8-9-10-11-12-13-14-15-16-17-18-22-25-28-31-35-39-48(52)58-41-44(42-59-63(56,57)60-43-45(51)50(54)55)61-49(53)40-36-32-29-26-23-20-19-21-24-27-30-34-38-47-46(62-47)37-33-6-4-2/h6,12-13,20-21,23-24,29-30,32-34,44-47H,3-5,7-11,14-19,22,25-28,31,35-43,51H2,1-2H3,(H,54,55)(H,56,57)/b13-12-,23-20-,24-21-,32-29-,33-6-,34-30-/t44-,45+,46?,47?/m1/s1. The third-order valence-electron chi connectivity index (χ3n) is 10.4. The Hall–Kier alpha value is -3.12. The summed E-state index contributed by atoms with van der Waals surface area (Å²) >= 11 is 0. The summed E-state index contributed by atoms with van der Waals surface area (Å²) in [4.78, 5) is 46.1. The molecule has 4 N–H and O–H groups in total. The Bertz CT molecular complexity index is 1410. The molecule has 360 valence electrons. The maximum Gasteiger partial charge on any atom is 0.472 e. The zero-order chi connectivity index (χ0) is 46.1. The van der Waals surface area contributed by atoms with Crippen LogP contribution in [0, 0.1) is 0 Å². The zero-order valence-electron chi connectivity index (χ0n) is 38.8. The smallest absolute Gasteiger partial charge is 0.472 e.